The highest BCUT2D eigenvalue weighted by Crippen LogP contribution is 2.62. The van der Waals surface area contributed by atoms with Gasteiger partial charge in [-0.3, -0.25) is 9.88 Å². The third-order valence-corrected chi connectivity index (χ3v) is 14.6. The summed E-state index contributed by atoms with van der Waals surface area (Å²) in [5.74, 6) is -0.954. The summed E-state index contributed by atoms with van der Waals surface area (Å²) in [7, 11) is 0. The van der Waals surface area contributed by atoms with Gasteiger partial charge in [-0.2, -0.15) is 0 Å². The Morgan fingerprint density at radius 1 is 0.824 bits per heavy atom. The molecule has 1 amide bonds. The number of aliphatic hydroxyl groups is 2. The Hall–Kier alpha value is -6.83. The van der Waals surface area contributed by atoms with Gasteiger partial charge in [-0.05, 0) is 108 Å². The van der Waals surface area contributed by atoms with E-state index in [-0.39, 0.29) is 77.0 Å². The SMILES string of the molecule is C=CCO[C@@]12Oc3ccc(OCc4cccc(C)n4)cc3[C@H]3[C@H](CCCCO)[C@@H](CCCCO)C=C(C(=NOCc4ccccc4)C[C@@H]1N(Cc1cccc4ccccc14)C(=O)OCCOCc1ccccc1)[C@H]32. The number of aromatic nitrogens is 1. The van der Waals surface area contributed by atoms with E-state index in [2.05, 4.69) is 43.0 Å². The second-order valence-corrected chi connectivity index (χ2v) is 19.5. The molecule has 1 aliphatic heterocycles. The molecule has 2 heterocycles. The van der Waals surface area contributed by atoms with E-state index in [1.54, 1.807) is 11.0 Å². The normalized spacial score (nSPS) is 21.2. The number of aliphatic hydroxyl groups excluding tert-OH is 2. The minimum Gasteiger partial charge on any atom is -0.487 e. The van der Waals surface area contributed by atoms with E-state index in [4.69, 9.17) is 38.7 Å². The summed E-state index contributed by atoms with van der Waals surface area (Å²) in [6, 6.07) is 45.2. The van der Waals surface area contributed by atoms with Crippen LogP contribution in [-0.4, -0.2) is 76.8 Å². The van der Waals surface area contributed by atoms with Crippen LogP contribution in [0.15, 0.2) is 169 Å². The molecule has 2 N–H and O–H groups in total. The van der Waals surface area contributed by atoms with Gasteiger partial charge in [-0.15, -0.1) is 6.58 Å². The standard InChI is InChI=1S/C62H69N3O9/c1-3-34-72-62-58(65(40-49-26-17-25-47-23-10-11-28-52(47)49)61(68)70-36-35-69-41-45-19-6-4-7-20-45)39-56(64-73-42-46-21-8-5-9-22-46)54-37-48(24-12-14-32-66)53(29-13-15-33-67)59(60(54)62)55-38-51(30-31-57(55)74-62)71-43-50-27-16-18-44(2)63-50/h3-11,16-23,25-28,30-31,37-38,48,53,58-60,66-67H,1,12-15,24,29,32-36,39-43H2,2H3/t48-,53+,58-,59+,60+,62+/m0/s1. The van der Waals surface area contributed by atoms with Gasteiger partial charge in [0.25, 0.3) is 0 Å². The van der Waals surface area contributed by atoms with E-state index in [1.165, 1.54) is 0 Å². The molecule has 1 saturated carbocycles. The molecule has 2 aliphatic carbocycles. The molecule has 3 aliphatic rings. The highest BCUT2D eigenvalue weighted by Gasteiger charge is 2.65. The number of hydrogen-bond donors (Lipinski definition) is 2. The summed E-state index contributed by atoms with van der Waals surface area (Å²) in [5, 5.41) is 27.3. The van der Waals surface area contributed by atoms with E-state index in [0.717, 1.165) is 75.7 Å². The number of ether oxygens (including phenoxy) is 5. The lowest BCUT2D eigenvalue weighted by molar-refractivity contribution is -0.256. The minimum atomic E-state index is -1.51. The molecule has 1 aromatic heterocycles. The summed E-state index contributed by atoms with van der Waals surface area (Å²) in [4.78, 5) is 28.2. The van der Waals surface area contributed by atoms with Crippen molar-refractivity contribution < 1.29 is 43.5 Å². The Kier molecular flexibility index (Phi) is 17.9. The number of amides is 1. The van der Waals surface area contributed by atoms with Gasteiger partial charge in [0.15, 0.2) is 0 Å². The molecule has 12 nitrogen and oxygen atoms in total. The minimum absolute atomic E-state index is 0.0102. The summed E-state index contributed by atoms with van der Waals surface area (Å²) >= 11 is 0. The van der Waals surface area contributed by atoms with Crippen LogP contribution in [0.3, 0.4) is 0 Å². The van der Waals surface area contributed by atoms with Gasteiger partial charge in [0.1, 0.15) is 37.4 Å². The number of unbranched alkanes of at least 4 members (excludes halogenated alkanes) is 2. The summed E-state index contributed by atoms with van der Waals surface area (Å²) in [5.41, 5.74) is 7.22. The average Bonchev–Trinajstić information content (AvgIpc) is 3.43. The van der Waals surface area contributed by atoms with E-state index in [9.17, 15) is 10.2 Å². The molecule has 1 fully saturated rings. The topological polar surface area (TPSA) is 141 Å². The number of aryl methyl sites for hydroxylation is 1. The molecule has 0 spiro atoms. The van der Waals surface area contributed by atoms with Crippen molar-refractivity contribution in [3.05, 3.63) is 197 Å². The zero-order valence-corrected chi connectivity index (χ0v) is 42.4. The van der Waals surface area contributed by atoms with Crippen LogP contribution in [0.2, 0.25) is 0 Å². The molecule has 9 rings (SSSR count). The van der Waals surface area contributed by atoms with Crippen molar-refractivity contribution >= 4 is 22.6 Å². The van der Waals surface area contributed by atoms with Gasteiger partial charge < -0.3 is 38.7 Å². The van der Waals surface area contributed by atoms with Crippen LogP contribution in [-0.2, 0) is 45.4 Å². The predicted molar refractivity (Wildman–Crippen MR) is 286 cm³/mol. The number of benzene rings is 5. The average molecular weight is 1000 g/mol. The maximum atomic E-state index is 15.4. The quantitative estimate of drug-likeness (QED) is 0.0323. The molecular weight excluding hydrogens is 931 g/mol. The summed E-state index contributed by atoms with van der Waals surface area (Å²) in [6.45, 7) is 7.62. The van der Waals surface area contributed by atoms with Crippen LogP contribution in [0, 0.1) is 24.7 Å². The number of allylic oxidation sites excluding steroid dienone is 1. The third kappa shape index (κ3) is 12.2. The molecule has 74 heavy (non-hydrogen) atoms. The van der Waals surface area contributed by atoms with Gasteiger partial charge in [0, 0.05) is 36.8 Å². The molecule has 0 radical (unpaired) electrons. The Labute approximate surface area is 435 Å². The number of fused-ring (bicyclic) bond motifs is 3. The Morgan fingerprint density at radius 3 is 2.32 bits per heavy atom. The monoisotopic (exact) mass is 1000 g/mol. The van der Waals surface area contributed by atoms with Crippen LogP contribution < -0.4 is 9.47 Å². The van der Waals surface area contributed by atoms with E-state index < -0.39 is 23.8 Å². The van der Waals surface area contributed by atoms with E-state index >= 15 is 4.79 Å². The Balaban J connectivity index is 1.20. The maximum absolute atomic E-state index is 15.4. The molecule has 0 unspecified atom stereocenters. The van der Waals surface area contributed by atoms with Crippen LogP contribution in [0.1, 0.15) is 84.5 Å². The molecule has 6 aromatic rings. The van der Waals surface area contributed by atoms with Gasteiger partial charge >= 0.3 is 6.09 Å². The van der Waals surface area contributed by atoms with Crippen LogP contribution in [0.4, 0.5) is 4.79 Å². The van der Waals surface area contributed by atoms with Crippen molar-refractivity contribution in [3.8, 4) is 11.5 Å². The predicted octanol–water partition coefficient (Wildman–Crippen LogP) is 11.8. The molecule has 5 aromatic carbocycles. The number of carbonyl (C=O) groups excluding carboxylic acids is 1. The number of nitrogens with zero attached hydrogens (tertiary/aromatic N) is 3. The van der Waals surface area contributed by atoms with Crippen LogP contribution >= 0.6 is 0 Å². The fourth-order valence-corrected chi connectivity index (χ4v) is 11.3. The Bertz CT molecular complexity index is 2850. The lowest BCUT2D eigenvalue weighted by Crippen LogP contribution is -2.70. The zero-order valence-electron chi connectivity index (χ0n) is 42.4. The fraction of sp³-hybridized carbons (Fsp3) is 0.371. The smallest absolute Gasteiger partial charge is 0.410 e. The number of oxime groups is 1. The summed E-state index contributed by atoms with van der Waals surface area (Å²) < 4.78 is 33.7. The Morgan fingerprint density at radius 2 is 1.55 bits per heavy atom. The third-order valence-electron chi connectivity index (χ3n) is 14.6. The van der Waals surface area contributed by atoms with Crippen molar-refractivity contribution in [2.75, 3.05) is 33.0 Å². The number of carbonyl (C=O) groups is 1. The number of hydrogen-bond acceptors (Lipinski definition) is 11. The van der Waals surface area contributed by atoms with Crippen LogP contribution in [0.25, 0.3) is 10.8 Å². The number of rotatable bonds is 25. The molecule has 0 bridgehead atoms. The highest BCUT2D eigenvalue weighted by molar-refractivity contribution is 6.03. The van der Waals surface area contributed by atoms with Gasteiger partial charge in [-0.25, -0.2) is 4.79 Å². The molecule has 12 heteroatoms. The number of pyridine rings is 1. The first-order valence-corrected chi connectivity index (χ1v) is 26.2. The fourth-order valence-electron chi connectivity index (χ4n) is 11.3. The van der Waals surface area contributed by atoms with E-state index in [1.807, 2.05) is 116 Å². The van der Waals surface area contributed by atoms with Crippen molar-refractivity contribution in [2.24, 2.45) is 22.9 Å². The largest absolute Gasteiger partial charge is 0.487 e. The second-order valence-electron chi connectivity index (χ2n) is 19.5. The van der Waals surface area contributed by atoms with Crippen LogP contribution in [0.5, 0.6) is 11.5 Å². The van der Waals surface area contributed by atoms with Gasteiger partial charge in [0.2, 0.25) is 5.79 Å². The second kappa shape index (κ2) is 25.4. The first-order valence-electron chi connectivity index (χ1n) is 26.2. The lowest BCUT2D eigenvalue weighted by Gasteiger charge is -2.59. The first kappa shape index (κ1) is 52.0. The van der Waals surface area contributed by atoms with Crippen molar-refractivity contribution in [1.82, 2.24) is 9.88 Å². The highest BCUT2D eigenvalue weighted by atomic mass is 16.7. The molecule has 386 valence electrons. The van der Waals surface area contributed by atoms with Crippen molar-refractivity contribution in [2.45, 2.75) is 96.0 Å². The molecule has 0 saturated heterocycles. The van der Waals surface area contributed by atoms with Crippen molar-refractivity contribution in [1.29, 1.82) is 0 Å². The summed E-state index contributed by atoms with van der Waals surface area (Å²) in [6.07, 6.45) is 8.23. The first-order chi connectivity index (χ1) is 36.4. The van der Waals surface area contributed by atoms with Crippen molar-refractivity contribution in [3.63, 3.8) is 0 Å². The van der Waals surface area contributed by atoms with E-state index in [0.29, 0.717) is 36.7 Å². The maximum Gasteiger partial charge on any atom is 0.410 e. The lowest BCUT2D eigenvalue weighted by atomic mass is 9.55. The van der Waals surface area contributed by atoms with Gasteiger partial charge in [-0.1, -0.05) is 139 Å². The molecular formula is C62H69N3O9. The molecule has 6 atom stereocenters. The zero-order chi connectivity index (χ0) is 51.1. The van der Waals surface area contributed by atoms with Gasteiger partial charge in [0.05, 0.1) is 43.7 Å².